The van der Waals surface area contributed by atoms with Crippen LogP contribution in [0.5, 0.6) is 0 Å². The van der Waals surface area contributed by atoms with Gasteiger partial charge in [0.05, 0.1) is 10.7 Å². The molecule has 0 heterocycles. The van der Waals surface area contributed by atoms with Crippen LogP contribution in [-0.2, 0) is 6.54 Å². The Morgan fingerprint density at radius 2 is 1.80 bits per heavy atom. The summed E-state index contributed by atoms with van der Waals surface area (Å²) >= 11 is 17.1. The predicted molar refractivity (Wildman–Crippen MR) is 90.9 cm³/mol. The van der Waals surface area contributed by atoms with Crippen LogP contribution in [-0.4, -0.2) is 12.0 Å². The van der Waals surface area contributed by atoms with Crippen molar-refractivity contribution >= 4 is 46.1 Å². The Labute approximate surface area is 134 Å². The zero-order valence-corrected chi connectivity index (χ0v) is 13.3. The number of hydrogen-bond donors (Lipinski definition) is 1. The lowest BCUT2D eigenvalue weighted by molar-refractivity contribution is 0.923. The van der Waals surface area contributed by atoms with E-state index < -0.39 is 0 Å². The fourth-order valence-corrected chi connectivity index (χ4v) is 2.50. The van der Waals surface area contributed by atoms with Gasteiger partial charge in [0.2, 0.25) is 0 Å². The molecule has 0 amide bonds. The zero-order chi connectivity index (χ0) is 14.7. The van der Waals surface area contributed by atoms with Crippen LogP contribution in [0.15, 0.2) is 42.5 Å². The summed E-state index contributed by atoms with van der Waals surface area (Å²) in [5, 5.41) is 1.36. The second kappa shape index (κ2) is 6.44. The van der Waals surface area contributed by atoms with Crippen LogP contribution < -0.4 is 10.6 Å². The van der Waals surface area contributed by atoms with Gasteiger partial charge >= 0.3 is 0 Å². The normalized spacial score (nSPS) is 10.3. The minimum atomic E-state index is 0.346. The summed E-state index contributed by atoms with van der Waals surface area (Å²) in [5.74, 6) is 0. The van der Waals surface area contributed by atoms with Crippen molar-refractivity contribution in [1.29, 1.82) is 0 Å². The monoisotopic (exact) mass is 324 g/mol. The Hall–Kier alpha value is -1.29. The van der Waals surface area contributed by atoms with Gasteiger partial charge in [0.1, 0.15) is 4.99 Å². The molecule has 0 aromatic heterocycles. The molecule has 0 bridgehead atoms. The van der Waals surface area contributed by atoms with Crippen LogP contribution >= 0.6 is 35.4 Å². The van der Waals surface area contributed by atoms with E-state index in [0.717, 1.165) is 28.4 Å². The average Bonchev–Trinajstić information content (AvgIpc) is 2.41. The highest BCUT2D eigenvalue weighted by Gasteiger charge is 2.08. The number of nitrogens with two attached hydrogens (primary N) is 1. The van der Waals surface area contributed by atoms with Gasteiger partial charge in [0, 0.05) is 24.2 Å². The molecule has 104 valence electrons. The number of benzene rings is 2. The average molecular weight is 325 g/mol. The molecule has 20 heavy (non-hydrogen) atoms. The molecule has 0 aliphatic carbocycles. The van der Waals surface area contributed by atoms with Crippen LogP contribution in [0.1, 0.15) is 11.1 Å². The molecule has 0 aliphatic rings. The number of hydrogen-bond acceptors (Lipinski definition) is 2. The van der Waals surface area contributed by atoms with E-state index in [1.54, 1.807) is 6.07 Å². The van der Waals surface area contributed by atoms with Crippen LogP contribution in [0.2, 0.25) is 10.0 Å². The van der Waals surface area contributed by atoms with E-state index in [1.807, 2.05) is 43.4 Å². The molecule has 2 aromatic rings. The molecule has 0 radical (unpaired) electrons. The predicted octanol–water partition coefficient (Wildman–Crippen LogP) is 4.26. The van der Waals surface area contributed by atoms with Crippen molar-refractivity contribution in [3.63, 3.8) is 0 Å². The summed E-state index contributed by atoms with van der Waals surface area (Å²) in [7, 11) is 1.98. The fraction of sp³-hybridized carbons (Fsp3) is 0.133. The van der Waals surface area contributed by atoms with E-state index in [1.165, 1.54) is 0 Å². The number of nitrogens with zero attached hydrogens (tertiary/aromatic N) is 1. The summed E-state index contributed by atoms with van der Waals surface area (Å²) in [5.41, 5.74) is 8.46. The van der Waals surface area contributed by atoms with Crippen molar-refractivity contribution in [2.75, 3.05) is 11.9 Å². The van der Waals surface area contributed by atoms with Gasteiger partial charge in [-0.05, 0) is 35.9 Å². The Kier molecular flexibility index (Phi) is 4.86. The van der Waals surface area contributed by atoms with Crippen molar-refractivity contribution in [1.82, 2.24) is 0 Å². The first-order valence-electron chi connectivity index (χ1n) is 6.02. The summed E-state index contributed by atoms with van der Waals surface area (Å²) < 4.78 is 0. The van der Waals surface area contributed by atoms with Crippen LogP contribution in [0.3, 0.4) is 0 Å². The SMILES string of the molecule is CN(Cc1ccc(Cl)cc1)c1ccc(C(N)=S)cc1Cl. The largest absolute Gasteiger partial charge is 0.389 e. The van der Waals surface area contributed by atoms with Gasteiger partial charge in [0.15, 0.2) is 0 Å². The maximum Gasteiger partial charge on any atom is 0.104 e. The third kappa shape index (κ3) is 3.63. The molecule has 2 rings (SSSR count). The topological polar surface area (TPSA) is 29.3 Å². The van der Waals surface area contributed by atoms with E-state index >= 15 is 0 Å². The van der Waals surface area contributed by atoms with Crippen molar-refractivity contribution in [2.24, 2.45) is 5.73 Å². The lowest BCUT2D eigenvalue weighted by Crippen LogP contribution is -2.17. The van der Waals surface area contributed by atoms with E-state index in [2.05, 4.69) is 4.90 Å². The number of anilines is 1. The smallest absolute Gasteiger partial charge is 0.104 e. The second-order valence-corrected chi connectivity index (χ2v) is 5.80. The third-order valence-corrected chi connectivity index (χ3v) is 3.77. The minimum Gasteiger partial charge on any atom is -0.389 e. The number of thiocarbonyl (C=S) groups is 1. The van der Waals surface area contributed by atoms with Gasteiger partial charge in [-0.15, -0.1) is 0 Å². The molecule has 0 saturated carbocycles. The fourth-order valence-electron chi connectivity index (χ4n) is 1.92. The Morgan fingerprint density at radius 3 is 2.35 bits per heavy atom. The maximum atomic E-state index is 6.28. The van der Waals surface area contributed by atoms with Gasteiger partial charge in [-0.2, -0.15) is 0 Å². The van der Waals surface area contributed by atoms with Gasteiger partial charge in [-0.1, -0.05) is 47.6 Å². The molecule has 2 nitrogen and oxygen atoms in total. The van der Waals surface area contributed by atoms with Crippen molar-refractivity contribution in [3.05, 3.63) is 63.6 Å². The van der Waals surface area contributed by atoms with Crippen molar-refractivity contribution in [3.8, 4) is 0 Å². The highest BCUT2D eigenvalue weighted by Crippen LogP contribution is 2.27. The second-order valence-electron chi connectivity index (χ2n) is 4.51. The van der Waals surface area contributed by atoms with Crippen LogP contribution in [0.4, 0.5) is 5.69 Å². The molecular weight excluding hydrogens is 311 g/mol. The first-order chi connectivity index (χ1) is 9.47. The highest BCUT2D eigenvalue weighted by atomic mass is 35.5. The first-order valence-corrected chi connectivity index (χ1v) is 7.18. The summed E-state index contributed by atoms with van der Waals surface area (Å²) in [6.07, 6.45) is 0. The van der Waals surface area contributed by atoms with Gasteiger partial charge in [0.25, 0.3) is 0 Å². The van der Waals surface area contributed by atoms with Crippen LogP contribution in [0, 0.1) is 0 Å². The standard InChI is InChI=1S/C15H14Cl2N2S/c1-19(9-10-2-5-12(16)6-3-10)14-7-4-11(15(18)20)8-13(14)17/h2-8H,9H2,1H3,(H2,18,20). The first kappa shape index (κ1) is 15.1. The van der Waals surface area contributed by atoms with Crippen molar-refractivity contribution < 1.29 is 0 Å². The summed E-state index contributed by atoms with van der Waals surface area (Å²) in [4.78, 5) is 2.41. The van der Waals surface area contributed by atoms with Gasteiger partial charge in [-0.25, -0.2) is 0 Å². The molecule has 0 atom stereocenters. The third-order valence-electron chi connectivity index (χ3n) is 2.98. The lowest BCUT2D eigenvalue weighted by atomic mass is 10.1. The highest BCUT2D eigenvalue weighted by molar-refractivity contribution is 7.80. The Morgan fingerprint density at radius 1 is 1.15 bits per heavy atom. The molecule has 5 heteroatoms. The molecule has 0 spiro atoms. The molecule has 2 aromatic carbocycles. The zero-order valence-electron chi connectivity index (χ0n) is 10.9. The molecule has 0 saturated heterocycles. The van der Waals surface area contributed by atoms with Crippen molar-refractivity contribution in [2.45, 2.75) is 6.54 Å². The van der Waals surface area contributed by atoms with Gasteiger partial charge < -0.3 is 10.6 Å². The summed E-state index contributed by atoms with van der Waals surface area (Å²) in [6, 6.07) is 13.3. The molecule has 0 fully saturated rings. The Balaban J connectivity index is 2.18. The molecule has 0 unspecified atom stereocenters. The minimum absolute atomic E-state index is 0.346. The summed E-state index contributed by atoms with van der Waals surface area (Å²) in [6.45, 7) is 0.739. The lowest BCUT2D eigenvalue weighted by Gasteiger charge is -2.21. The van der Waals surface area contributed by atoms with E-state index in [4.69, 9.17) is 41.2 Å². The number of rotatable bonds is 4. The van der Waals surface area contributed by atoms with E-state index in [-0.39, 0.29) is 0 Å². The van der Waals surface area contributed by atoms with Gasteiger partial charge in [-0.3, -0.25) is 0 Å². The molecule has 2 N–H and O–H groups in total. The maximum absolute atomic E-state index is 6.28. The molecular formula is C15H14Cl2N2S. The van der Waals surface area contributed by atoms with E-state index in [9.17, 15) is 0 Å². The molecule has 0 aliphatic heterocycles. The number of halogens is 2. The Bertz CT molecular complexity index is 626. The quantitative estimate of drug-likeness (QED) is 0.852. The van der Waals surface area contributed by atoms with E-state index in [0.29, 0.717) is 10.0 Å². The van der Waals surface area contributed by atoms with Crippen LogP contribution in [0.25, 0.3) is 0 Å².